The summed E-state index contributed by atoms with van der Waals surface area (Å²) >= 11 is 1.40. The highest BCUT2D eigenvalue weighted by Crippen LogP contribution is 2.24. The van der Waals surface area contributed by atoms with Gasteiger partial charge in [-0.2, -0.15) is 0 Å². The van der Waals surface area contributed by atoms with Crippen LogP contribution in [0.5, 0.6) is 0 Å². The van der Waals surface area contributed by atoms with Crippen LogP contribution in [0.25, 0.3) is 5.69 Å². The van der Waals surface area contributed by atoms with E-state index in [0.717, 1.165) is 17.1 Å². The predicted molar refractivity (Wildman–Crippen MR) is 125 cm³/mol. The summed E-state index contributed by atoms with van der Waals surface area (Å²) < 4.78 is 1.64. The lowest BCUT2D eigenvalue weighted by Gasteiger charge is -2.09. The molecule has 0 fully saturated rings. The molecule has 0 saturated heterocycles. The topological polar surface area (TPSA) is 129 Å². The van der Waals surface area contributed by atoms with Gasteiger partial charge in [-0.05, 0) is 56.3 Å². The number of nitrogens with one attached hydrogen (secondary N) is 1. The summed E-state index contributed by atoms with van der Waals surface area (Å²) in [6, 6.07) is 17.7. The second-order valence-corrected chi connectivity index (χ2v) is 8.19. The molecule has 2 aromatic heterocycles. The number of nitrogens with zero attached hydrogens (tertiary/aromatic N) is 5. The molecular weight excluding hydrogens is 438 g/mol. The van der Waals surface area contributed by atoms with Crippen molar-refractivity contribution in [3.63, 3.8) is 0 Å². The van der Waals surface area contributed by atoms with Gasteiger partial charge in [-0.15, -0.1) is 5.10 Å². The van der Waals surface area contributed by atoms with Crippen LogP contribution in [-0.4, -0.2) is 36.8 Å². The van der Waals surface area contributed by atoms with Crippen molar-refractivity contribution in [3.05, 3.63) is 89.0 Å². The third kappa shape index (κ3) is 5.24. The summed E-state index contributed by atoms with van der Waals surface area (Å²) in [4.78, 5) is 33.3. The van der Waals surface area contributed by atoms with E-state index in [2.05, 4.69) is 25.6 Å². The lowest BCUT2D eigenvalue weighted by Crippen LogP contribution is -2.16. The summed E-state index contributed by atoms with van der Waals surface area (Å²) in [7, 11) is 0. The first-order valence-corrected chi connectivity index (χ1v) is 11.1. The van der Waals surface area contributed by atoms with Crippen molar-refractivity contribution in [1.82, 2.24) is 25.0 Å². The lowest BCUT2D eigenvalue weighted by atomic mass is 10.2. The highest BCUT2D eigenvalue weighted by Gasteiger charge is 2.21. The number of amides is 2. The Balaban J connectivity index is 1.63. The molecule has 3 N–H and O–H groups in total. The van der Waals surface area contributed by atoms with Gasteiger partial charge in [0, 0.05) is 28.4 Å². The van der Waals surface area contributed by atoms with Gasteiger partial charge in [-0.25, -0.2) is 14.6 Å². The fourth-order valence-electron chi connectivity index (χ4n) is 3.18. The SMILES string of the molecule is Cc1cc(C)nc(SCc2c(C(=O)Nc3ccc(C(N)=O)cc3)nnn2-c2ccccc2)n1. The first-order chi connectivity index (χ1) is 15.9. The van der Waals surface area contributed by atoms with Crippen LogP contribution in [0, 0.1) is 13.8 Å². The number of rotatable bonds is 7. The van der Waals surface area contributed by atoms with Crippen LogP contribution >= 0.6 is 11.8 Å². The molecule has 4 rings (SSSR count). The van der Waals surface area contributed by atoms with Crippen LogP contribution in [-0.2, 0) is 5.75 Å². The van der Waals surface area contributed by atoms with E-state index in [4.69, 9.17) is 5.73 Å². The average Bonchev–Trinajstić information content (AvgIpc) is 3.22. The third-order valence-electron chi connectivity index (χ3n) is 4.71. The number of aryl methyl sites for hydroxylation is 2. The Bertz CT molecular complexity index is 1280. The molecule has 166 valence electrons. The fraction of sp³-hybridized carbons (Fsp3) is 0.130. The van der Waals surface area contributed by atoms with E-state index in [-0.39, 0.29) is 5.69 Å². The summed E-state index contributed by atoms with van der Waals surface area (Å²) in [5.41, 5.74) is 9.47. The monoisotopic (exact) mass is 459 g/mol. The number of hydrogen-bond acceptors (Lipinski definition) is 7. The summed E-state index contributed by atoms with van der Waals surface area (Å²) in [5.74, 6) is -0.568. The van der Waals surface area contributed by atoms with Crippen molar-refractivity contribution in [2.75, 3.05) is 5.32 Å². The smallest absolute Gasteiger partial charge is 0.278 e. The number of aromatic nitrogens is 5. The molecule has 0 bridgehead atoms. The van der Waals surface area contributed by atoms with Crippen LogP contribution in [0.15, 0.2) is 65.8 Å². The molecule has 2 aromatic carbocycles. The van der Waals surface area contributed by atoms with Gasteiger partial charge in [0.05, 0.1) is 11.4 Å². The minimum Gasteiger partial charge on any atom is -0.366 e. The van der Waals surface area contributed by atoms with Crippen LogP contribution in [0.4, 0.5) is 5.69 Å². The molecule has 0 aliphatic rings. The third-order valence-corrected chi connectivity index (χ3v) is 5.56. The molecule has 0 aliphatic carbocycles. The molecule has 2 heterocycles. The standard InChI is InChI=1S/C23H21N7O2S/c1-14-12-15(2)26-23(25-14)33-13-19-20(28-29-30(19)18-6-4-3-5-7-18)22(32)27-17-10-8-16(9-11-17)21(24)31/h3-12H,13H2,1-2H3,(H2,24,31)(H,27,32). The highest BCUT2D eigenvalue weighted by atomic mass is 32.2. The number of carbonyl (C=O) groups is 2. The maximum absolute atomic E-state index is 13.1. The minimum absolute atomic E-state index is 0.190. The quantitative estimate of drug-likeness (QED) is 0.320. The van der Waals surface area contributed by atoms with E-state index in [1.165, 1.54) is 11.8 Å². The van der Waals surface area contributed by atoms with Crippen LogP contribution in [0.1, 0.15) is 37.9 Å². The number of anilines is 1. The van der Waals surface area contributed by atoms with Crippen LogP contribution in [0.3, 0.4) is 0 Å². The van der Waals surface area contributed by atoms with Crippen molar-refractivity contribution in [1.29, 1.82) is 0 Å². The van der Waals surface area contributed by atoms with Gasteiger partial charge in [0.15, 0.2) is 10.9 Å². The zero-order chi connectivity index (χ0) is 23.4. The second kappa shape index (κ2) is 9.61. The zero-order valence-electron chi connectivity index (χ0n) is 18.0. The largest absolute Gasteiger partial charge is 0.366 e. The van der Waals surface area contributed by atoms with E-state index in [1.807, 2.05) is 50.2 Å². The predicted octanol–water partition coefficient (Wildman–Crippen LogP) is 3.32. The van der Waals surface area contributed by atoms with E-state index in [9.17, 15) is 9.59 Å². The Morgan fingerprint density at radius 1 is 1.00 bits per heavy atom. The van der Waals surface area contributed by atoms with Gasteiger partial charge < -0.3 is 11.1 Å². The average molecular weight is 460 g/mol. The van der Waals surface area contributed by atoms with Crippen molar-refractivity contribution < 1.29 is 9.59 Å². The maximum Gasteiger partial charge on any atom is 0.278 e. The molecule has 10 heteroatoms. The molecule has 4 aromatic rings. The molecule has 0 spiro atoms. The molecule has 0 saturated carbocycles. The molecule has 0 aliphatic heterocycles. The number of hydrogen-bond donors (Lipinski definition) is 2. The van der Waals surface area contributed by atoms with Crippen LogP contribution in [0.2, 0.25) is 0 Å². The van der Waals surface area contributed by atoms with Gasteiger partial charge in [0.2, 0.25) is 5.91 Å². The van der Waals surface area contributed by atoms with Crippen molar-refractivity contribution >= 4 is 29.3 Å². The lowest BCUT2D eigenvalue weighted by molar-refractivity contribution is 0.0997. The number of carbonyl (C=O) groups excluding carboxylic acids is 2. The number of nitrogens with two attached hydrogens (primary N) is 1. The van der Waals surface area contributed by atoms with Crippen molar-refractivity contribution in [2.45, 2.75) is 24.8 Å². The summed E-state index contributed by atoms with van der Waals surface area (Å²) in [6.45, 7) is 3.83. The highest BCUT2D eigenvalue weighted by molar-refractivity contribution is 7.98. The van der Waals surface area contributed by atoms with Gasteiger partial charge in [0.25, 0.3) is 5.91 Å². The molecule has 33 heavy (non-hydrogen) atoms. The molecule has 2 amide bonds. The fourth-order valence-corrected chi connectivity index (χ4v) is 4.13. The number of primary amides is 1. The minimum atomic E-state index is -0.536. The first-order valence-electron chi connectivity index (χ1n) is 10.1. The van der Waals surface area contributed by atoms with Gasteiger partial charge in [-0.1, -0.05) is 35.2 Å². The van der Waals surface area contributed by atoms with Gasteiger partial charge >= 0.3 is 0 Å². The Morgan fingerprint density at radius 2 is 1.67 bits per heavy atom. The van der Waals surface area contributed by atoms with E-state index >= 15 is 0 Å². The Kier molecular flexibility index (Phi) is 6.45. The van der Waals surface area contributed by atoms with E-state index < -0.39 is 11.8 Å². The summed E-state index contributed by atoms with van der Waals surface area (Å²) in [5, 5.41) is 11.8. The maximum atomic E-state index is 13.1. The van der Waals surface area contributed by atoms with Crippen molar-refractivity contribution in [3.8, 4) is 5.69 Å². The Morgan fingerprint density at radius 3 is 2.30 bits per heavy atom. The number of thioether (sulfide) groups is 1. The van der Waals surface area contributed by atoms with Gasteiger partial charge in [0.1, 0.15) is 0 Å². The number of benzene rings is 2. The van der Waals surface area contributed by atoms with E-state index in [0.29, 0.717) is 27.9 Å². The van der Waals surface area contributed by atoms with Crippen molar-refractivity contribution in [2.24, 2.45) is 5.73 Å². The molecule has 0 atom stereocenters. The zero-order valence-corrected chi connectivity index (χ0v) is 18.8. The first kappa shape index (κ1) is 22.2. The normalized spacial score (nSPS) is 10.7. The molecule has 0 unspecified atom stereocenters. The Hall–Kier alpha value is -4.05. The molecular formula is C23H21N7O2S. The van der Waals surface area contributed by atoms with Crippen LogP contribution < -0.4 is 11.1 Å². The molecule has 9 nitrogen and oxygen atoms in total. The summed E-state index contributed by atoms with van der Waals surface area (Å²) in [6.07, 6.45) is 0. The van der Waals surface area contributed by atoms with Gasteiger partial charge in [-0.3, -0.25) is 9.59 Å². The van der Waals surface area contributed by atoms with E-state index in [1.54, 1.807) is 28.9 Å². The molecule has 0 radical (unpaired) electrons. The Labute approximate surface area is 194 Å². The second-order valence-electron chi connectivity index (χ2n) is 7.25. The number of para-hydroxylation sites is 1.